The topological polar surface area (TPSA) is 169 Å². The molecule has 1 aliphatic rings. The minimum absolute atomic E-state index is 0.257. The summed E-state index contributed by atoms with van der Waals surface area (Å²) < 4.78 is 11.1. The van der Waals surface area contributed by atoms with Crippen LogP contribution < -0.4 is 5.32 Å². The van der Waals surface area contributed by atoms with Gasteiger partial charge in [0.1, 0.15) is 30.5 Å². The van der Waals surface area contributed by atoms with Crippen LogP contribution in [-0.4, -0.2) is 98.7 Å². The van der Waals surface area contributed by atoms with Crippen LogP contribution in [0.2, 0.25) is 0 Å². The zero-order valence-electron chi connectivity index (χ0n) is 33.2. The molecule has 0 aliphatic carbocycles. The lowest BCUT2D eigenvalue weighted by Crippen LogP contribution is -2.60. The third-order valence-corrected chi connectivity index (χ3v) is 10.5. The van der Waals surface area contributed by atoms with Crippen LogP contribution in [0.3, 0.4) is 0 Å². The number of nitrogens with one attached hydrogen (secondary N) is 1. The third-order valence-electron chi connectivity index (χ3n) is 10.5. The van der Waals surface area contributed by atoms with E-state index in [0.717, 1.165) is 57.8 Å². The predicted octanol–water partition coefficient (Wildman–Crippen LogP) is 7.14. The van der Waals surface area contributed by atoms with Crippen molar-refractivity contribution >= 4 is 5.91 Å². The van der Waals surface area contributed by atoms with Gasteiger partial charge in [0.25, 0.3) is 0 Å². The molecule has 0 aromatic rings. The Balaban J connectivity index is 2.42. The summed E-state index contributed by atoms with van der Waals surface area (Å²) in [5.74, 6) is -0.595. The molecule has 8 atom stereocenters. The number of aliphatic hydroxyl groups excluding tert-OH is 6. The van der Waals surface area contributed by atoms with Crippen molar-refractivity contribution in [3.63, 3.8) is 0 Å². The molecule has 1 fully saturated rings. The predicted molar refractivity (Wildman–Crippen MR) is 209 cm³/mol. The Morgan fingerprint density at radius 3 is 1.62 bits per heavy atom. The van der Waals surface area contributed by atoms with Crippen LogP contribution in [0, 0.1) is 0 Å². The number of carbonyl (C=O) groups excluding carboxylic acids is 1. The zero-order valence-corrected chi connectivity index (χ0v) is 33.2. The fraction of sp³-hybridized carbons (Fsp3) is 0.929. The highest BCUT2D eigenvalue weighted by molar-refractivity contribution is 5.80. The highest BCUT2D eigenvalue weighted by Gasteiger charge is 2.44. The van der Waals surface area contributed by atoms with E-state index in [1.165, 1.54) is 96.3 Å². The molecule has 1 aliphatic heterocycles. The van der Waals surface area contributed by atoms with Crippen molar-refractivity contribution < 1.29 is 44.9 Å². The van der Waals surface area contributed by atoms with Gasteiger partial charge in [0.2, 0.25) is 5.91 Å². The van der Waals surface area contributed by atoms with Crippen molar-refractivity contribution in [2.24, 2.45) is 0 Å². The first-order chi connectivity index (χ1) is 25.3. The third kappa shape index (κ3) is 23.6. The average molecular weight is 744 g/mol. The van der Waals surface area contributed by atoms with E-state index in [-0.39, 0.29) is 6.61 Å². The molecule has 7 N–H and O–H groups in total. The highest BCUT2D eigenvalue weighted by Crippen LogP contribution is 2.23. The molecule has 0 saturated carbocycles. The van der Waals surface area contributed by atoms with Crippen LogP contribution in [0.5, 0.6) is 0 Å². The van der Waals surface area contributed by atoms with E-state index in [0.29, 0.717) is 19.3 Å². The minimum Gasteiger partial charge on any atom is -0.394 e. The van der Waals surface area contributed by atoms with Gasteiger partial charge in [-0.2, -0.15) is 0 Å². The second-order valence-corrected chi connectivity index (χ2v) is 15.3. The number of hydrogen-bond acceptors (Lipinski definition) is 9. The fourth-order valence-electron chi connectivity index (χ4n) is 6.85. The smallest absolute Gasteiger partial charge is 0.249 e. The molecule has 0 aromatic carbocycles. The van der Waals surface area contributed by atoms with Gasteiger partial charge in [-0.05, 0) is 32.1 Å². The zero-order chi connectivity index (χ0) is 38.2. The molecule has 0 radical (unpaired) electrons. The average Bonchev–Trinajstić information content (AvgIpc) is 3.14. The van der Waals surface area contributed by atoms with Crippen molar-refractivity contribution in [2.45, 2.75) is 236 Å². The van der Waals surface area contributed by atoms with Gasteiger partial charge in [-0.1, -0.05) is 167 Å². The maximum absolute atomic E-state index is 13.0. The van der Waals surface area contributed by atoms with Gasteiger partial charge in [0.05, 0.1) is 25.4 Å². The Labute approximate surface area is 317 Å². The van der Waals surface area contributed by atoms with E-state index in [2.05, 4.69) is 31.3 Å². The summed E-state index contributed by atoms with van der Waals surface area (Å²) in [4.78, 5) is 13.0. The summed E-state index contributed by atoms with van der Waals surface area (Å²) in [6.45, 7) is 3.60. The number of allylic oxidation sites excluding steroid dienone is 2. The van der Waals surface area contributed by atoms with E-state index in [1.54, 1.807) is 0 Å². The largest absolute Gasteiger partial charge is 0.394 e. The van der Waals surface area contributed by atoms with Gasteiger partial charge in [-0.3, -0.25) is 4.79 Å². The van der Waals surface area contributed by atoms with Crippen molar-refractivity contribution in [3.8, 4) is 0 Å². The maximum Gasteiger partial charge on any atom is 0.249 e. The van der Waals surface area contributed by atoms with Crippen LogP contribution >= 0.6 is 0 Å². The molecule has 8 unspecified atom stereocenters. The first-order valence-electron chi connectivity index (χ1n) is 21.5. The standard InChI is InChI=1S/C42H81NO9/c1-3-5-7-9-11-13-15-16-17-18-19-20-21-23-24-26-28-30-35(45)34(33-51-42-40(49)39(48)38(47)37(32-44)52-42)43-41(50)36(46)31-29-27-25-22-14-12-10-8-6-4-2/h10,12,34-40,42,44-49H,3-9,11,13-33H2,1-2H3,(H,43,50)/b12-10-. The van der Waals surface area contributed by atoms with Crippen LogP contribution in [0.4, 0.5) is 0 Å². The number of amides is 1. The molecule has 1 rings (SSSR count). The maximum atomic E-state index is 13.0. The SMILES string of the molecule is CCCC/C=C\CCCCCCC(O)C(=O)NC(COC1OC(CO)C(O)C(O)C1O)C(O)CCCCCCCCCCCCCCCCCCC. The van der Waals surface area contributed by atoms with Crippen LogP contribution in [0.1, 0.15) is 187 Å². The Morgan fingerprint density at radius 1 is 0.635 bits per heavy atom. The highest BCUT2D eigenvalue weighted by atomic mass is 16.7. The molecule has 0 bridgehead atoms. The van der Waals surface area contributed by atoms with Crippen LogP contribution in [-0.2, 0) is 14.3 Å². The summed E-state index contributed by atoms with van der Waals surface area (Å²) >= 11 is 0. The number of carbonyl (C=O) groups is 1. The number of hydrogen-bond donors (Lipinski definition) is 7. The summed E-state index contributed by atoms with van der Waals surface area (Å²) in [6.07, 6.45) is 25.5. The molecule has 308 valence electrons. The molecule has 1 saturated heterocycles. The molecule has 52 heavy (non-hydrogen) atoms. The molecule has 1 amide bonds. The lowest BCUT2D eigenvalue weighted by molar-refractivity contribution is -0.302. The van der Waals surface area contributed by atoms with Crippen molar-refractivity contribution in [3.05, 3.63) is 12.2 Å². The molecule has 10 nitrogen and oxygen atoms in total. The number of ether oxygens (including phenoxy) is 2. The van der Waals surface area contributed by atoms with E-state index in [4.69, 9.17) is 9.47 Å². The molecule has 1 heterocycles. The molecular weight excluding hydrogens is 662 g/mol. The normalized spacial score (nSPS) is 22.5. The summed E-state index contributed by atoms with van der Waals surface area (Å²) in [5, 5.41) is 64.6. The lowest BCUT2D eigenvalue weighted by Gasteiger charge is -2.40. The summed E-state index contributed by atoms with van der Waals surface area (Å²) in [5.41, 5.74) is 0. The number of aliphatic hydroxyl groups is 6. The van der Waals surface area contributed by atoms with E-state index in [9.17, 15) is 35.4 Å². The first-order valence-corrected chi connectivity index (χ1v) is 21.5. The fourth-order valence-corrected chi connectivity index (χ4v) is 6.85. The van der Waals surface area contributed by atoms with Gasteiger partial charge < -0.3 is 45.4 Å². The number of rotatable bonds is 35. The second-order valence-electron chi connectivity index (χ2n) is 15.3. The first kappa shape index (κ1) is 48.9. The Kier molecular flexibility index (Phi) is 31.3. The van der Waals surface area contributed by atoms with E-state index >= 15 is 0 Å². The van der Waals surface area contributed by atoms with Crippen LogP contribution in [0.15, 0.2) is 12.2 Å². The van der Waals surface area contributed by atoms with Crippen molar-refractivity contribution in [1.82, 2.24) is 5.32 Å². The summed E-state index contributed by atoms with van der Waals surface area (Å²) in [6, 6.07) is -0.893. The molecule has 0 aromatic heterocycles. The Morgan fingerprint density at radius 2 is 1.10 bits per heavy atom. The molecule has 10 heteroatoms. The van der Waals surface area contributed by atoms with Crippen molar-refractivity contribution in [1.29, 1.82) is 0 Å². The minimum atomic E-state index is -1.59. The van der Waals surface area contributed by atoms with Gasteiger partial charge in [0.15, 0.2) is 6.29 Å². The Hall–Kier alpha value is -1.11. The van der Waals surface area contributed by atoms with Gasteiger partial charge in [0, 0.05) is 0 Å². The van der Waals surface area contributed by atoms with Gasteiger partial charge in [-0.25, -0.2) is 0 Å². The van der Waals surface area contributed by atoms with E-state index < -0.39 is 61.5 Å². The molecule has 0 spiro atoms. The second kappa shape index (κ2) is 33.2. The summed E-state index contributed by atoms with van der Waals surface area (Å²) in [7, 11) is 0. The lowest BCUT2D eigenvalue weighted by atomic mass is 9.99. The van der Waals surface area contributed by atoms with Gasteiger partial charge >= 0.3 is 0 Å². The molecular formula is C42H81NO9. The van der Waals surface area contributed by atoms with E-state index in [1.807, 2.05) is 0 Å². The quantitative estimate of drug-likeness (QED) is 0.0264. The monoisotopic (exact) mass is 744 g/mol. The van der Waals surface area contributed by atoms with Gasteiger partial charge in [-0.15, -0.1) is 0 Å². The number of unbranched alkanes of at least 4 members (excludes halogenated alkanes) is 22. The van der Waals surface area contributed by atoms with Crippen LogP contribution in [0.25, 0.3) is 0 Å². The Bertz CT molecular complexity index is 844. The van der Waals surface area contributed by atoms with Crippen molar-refractivity contribution in [2.75, 3.05) is 13.2 Å².